The second-order valence-corrected chi connectivity index (χ2v) is 7.81. The molecule has 0 saturated heterocycles. The predicted molar refractivity (Wildman–Crippen MR) is 111 cm³/mol. The minimum Gasteiger partial charge on any atom is -0.427 e. The van der Waals surface area contributed by atoms with Crippen LogP contribution in [-0.4, -0.2) is 37.2 Å². The van der Waals surface area contributed by atoms with Gasteiger partial charge in [0.15, 0.2) is 0 Å². The number of carbonyl (C=O) groups excluding carboxylic acids is 2. The van der Waals surface area contributed by atoms with E-state index in [4.69, 9.17) is 9.47 Å². The van der Waals surface area contributed by atoms with Crippen molar-refractivity contribution in [3.63, 3.8) is 0 Å². The Morgan fingerprint density at radius 1 is 1.17 bits per heavy atom. The molecule has 0 aliphatic rings. The summed E-state index contributed by atoms with van der Waals surface area (Å²) < 4.78 is 36.3. The maximum Gasteiger partial charge on any atom is 0.308 e. The van der Waals surface area contributed by atoms with E-state index in [-0.39, 0.29) is 12.4 Å². The SMILES string of the molecule is CC=C(C=CS(=O)(=O)N(C(C)=O)[C@H](C)C=CCOCc1ccccc1)OC(C)=O. The highest BCUT2D eigenvalue weighted by atomic mass is 32.2. The second-order valence-electron chi connectivity index (χ2n) is 6.12. The zero-order valence-electron chi connectivity index (χ0n) is 17.1. The number of hydrogen-bond acceptors (Lipinski definition) is 6. The van der Waals surface area contributed by atoms with Gasteiger partial charge in [-0.05, 0) is 31.6 Å². The third-order valence-corrected chi connectivity index (χ3v) is 5.26. The zero-order valence-corrected chi connectivity index (χ0v) is 17.9. The highest BCUT2D eigenvalue weighted by molar-refractivity contribution is 7.92. The monoisotopic (exact) mass is 421 g/mol. The van der Waals surface area contributed by atoms with Crippen LogP contribution in [0.2, 0.25) is 0 Å². The van der Waals surface area contributed by atoms with Crippen molar-refractivity contribution in [2.24, 2.45) is 0 Å². The van der Waals surface area contributed by atoms with Gasteiger partial charge in [-0.1, -0.05) is 42.5 Å². The van der Waals surface area contributed by atoms with E-state index in [0.717, 1.165) is 21.4 Å². The van der Waals surface area contributed by atoms with E-state index in [1.165, 1.54) is 19.9 Å². The van der Waals surface area contributed by atoms with Crippen molar-refractivity contribution in [2.75, 3.05) is 6.61 Å². The smallest absolute Gasteiger partial charge is 0.308 e. The summed E-state index contributed by atoms with van der Waals surface area (Å²) in [6.07, 6.45) is 5.82. The van der Waals surface area contributed by atoms with Crippen LogP contribution in [0.15, 0.2) is 65.8 Å². The first-order valence-electron chi connectivity index (χ1n) is 9.03. The molecule has 1 aromatic rings. The van der Waals surface area contributed by atoms with Crippen LogP contribution in [0, 0.1) is 0 Å². The Kier molecular flexibility index (Phi) is 10.1. The number of allylic oxidation sites excluding steroid dienone is 2. The minimum atomic E-state index is -4.07. The number of nitrogens with zero attached hydrogens (tertiary/aromatic N) is 1. The number of rotatable bonds is 10. The van der Waals surface area contributed by atoms with Crippen molar-refractivity contribution in [1.82, 2.24) is 4.31 Å². The van der Waals surface area contributed by atoms with Gasteiger partial charge < -0.3 is 9.47 Å². The van der Waals surface area contributed by atoms with Crippen LogP contribution in [0.1, 0.15) is 33.3 Å². The summed E-state index contributed by atoms with van der Waals surface area (Å²) in [6, 6.07) is 8.92. The van der Waals surface area contributed by atoms with Gasteiger partial charge in [0, 0.05) is 13.8 Å². The average Bonchev–Trinajstić information content (AvgIpc) is 2.65. The van der Waals surface area contributed by atoms with Crippen LogP contribution in [0.5, 0.6) is 0 Å². The van der Waals surface area contributed by atoms with Gasteiger partial charge in [0.25, 0.3) is 10.0 Å². The van der Waals surface area contributed by atoms with Gasteiger partial charge in [-0.2, -0.15) is 0 Å². The number of hydrogen-bond donors (Lipinski definition) is 0. The highest BCUT2D eigenvalue weighted by Crippen LogP contribution is 2.13. The highest BCUT2D eigenvalue weighted by Gasteiger charge is 2.26. The number of carbonyl (C=O) groups is 2. The van der Waals surface area contributed by atoms with Gasteiger partial charge in [0.05, 0.1) is 24.7 Å². The van der Waals surface area contributed by atoms with Crippen molar-refractivity contribution in [3.8, 4) is 0 Å². The average molecular weight is 422 g/mol. The fraction of sp³-hybridized carbons (Fsp3) is 0.333. The molecule has 7 nitrogen and oxygen atoms in total. The third kappa shape index (κ3) is 8.89. The molecule has 0 bridgehead atoms. The molecule has 1 rings (SSSR count). The Morgan fingerprint density at radius 3 is 2.38 bits per heavy atom. The lowest BCUT2D eigenvalue weighted by Crippen LogP contribution is -2.40. The molecule has 8 heteroatoms. The van der Waals surface area contributed by atoms with Gasteiger partial charge in [0.2, 0.25) is 5.91 Å². The summed E-state index contributed by atoms with van der Waals surface area (Å²) in [5, 5.41) is 0.836. The van der Waals surface area contributed by atoms with Crippen LogP contribution in [0.25, 0.3) is 0 Å². The van der Waals surface area contributed by atoms with E-state index in [1.807, 2.05) is 30.3 Å². The number of sulfonamides is 1. The normalized spacial score (nSPS) is 13.6. The van der Waals surface area contributed by atoms with Gasteiger partial charge in [-0.15, -0.1) is 0 Å². The molecule has 0 fully saturated rings. The van der Waals surface area contributed by atoms with Crippen molar-refractivity contribution in [1.29, 1.82) is 0 Å². The first-order valence-corrected chi connectivity index (χ1v) is 10.5. The van der Waals surface area contributed by atoms with Crippen LogP contribution in [0.4, 0.5) is 0 Å². The Bertz CT molecular complexity index is 872. The second kappa shape index (κ2) is 12.0. The maximum atomic E-state index is 12.6. The molecule has 0 N–H and O–H groups in total. The minimum absolute atomic E-state index is 0.0714. The molecule has 158 valence electrons. The lowest BCUT2D eigenvalue weighted by atomic mass is 10.2. The molecule has 0 aliphatic carbocycles. The molecule has 29 heavy (non-hydrogen) atoms. The molecule has 0 radical (unpaired) electrons. The summed E-state index contributed by atoms with van der Waals surface area (Å²) in [6.45, 7) is 6.27. The number of benzene rings is 1. The Morgan fingerprint density at radius 2 is 1.83 bits per heavy atom. The maximum absolute atomic E-state index is 12.6. The summed E-state index contributed by atoms with van der Waals surface area (Å²) in [7, 11) is -4.07. The lowest BCUT2D eigenvalue weighted by Gasteiger charge is -2.23. The fourth-order valence-electron chi connectivity index (χ4n) is 2.42. The number of ether oxygens (including phenoxy) is 2. The molecule has 0 aromatic heterocycles. The zero-order chi connectivity index (χ0) is 21.9. The van der Waals surface area contributed by atoms with E-state index < -0.39 is 27.9 Å². The molecular weight excluding hydrogens is 394 g/mol. The van der Waals surface area contributed by atoms with Crippen molar-refractivity contribution < 1.29 is 27.5 Å². The lowest BCUT2D eigenvalue weighted by molar-refractivity contribution is -0.136. The summed E-state index contributed by atoms with van der Waals surface area (Å²) >= 11 is 0. The topological polar surface area (TPSA) is 90.0 Å². The molecule has 0 aliphatic heterocycles. The first-order chi connectivity index (χ1) is 13.7. The fourth-order valence-corrected chi connectivity index (χ4v) is 3.75. The van der Waals surface area contributed by atoms with Crippen molar-refractivity contribution >= 4 is 21.9 Å². The molecular formula is C21H27NO6S. The van der Waals surface area contributed by atoms with Crippen LogP contribution in [0.3, 0.4) is 0 Å². The molecule has 0 spiro atoms. The molecule has 1 amide bonds. The number of amides is 1. The molecule has 1 atom stereocenters. The summed E-state index contributed by atoms with van der Waals surface area (Å²) in [4.78, 5) is 23.0. The van der Waals surface area contributed by atoms with Gasteiger partial charge in [0.1, 0.15) is 5.76 Å². The van der Waals surface area contributed by atoms with E-state index in [0.29, 0.717) is 6.61 Å². The predicted octanol–water partition coefficient (Wildman–Crippen LogP) is 3.31. The quantitative estimate of drug-likeness (QED) is 0.189. The Balaban J connectivity index is 2.75. The first kappa shape index (κ1) is 24.3. The van der Waals surface area contributed by atoms with Crippen molar-refractivity contribution in [3.05, 3.63) is 71.4 Å². The Labute approximate surface area is 172 Å². The molecule has 0 unspecified atom stereocenters. The van der Waals surface area contributed by atoms with E-state index in [1.54, 1.807) is 26.0 Å². The van der Waals surface area contributed by atoms with Gasteiger partial charge in [-0.25, -0.2) is 12.7 Å². The summed E-state index contributed by atoms with van der Waals surface area (Å²) in [5.41, 5.74) is 1.03. The Hall–Kier alpha value is -2.71. The van der Waals surface area contributed by atoms with Gasteiger partial charge >= 0.3 is 5.97 Å². The van der Waals surface area contributed by atoms with E-state index in [2.05, 4.69) is 0 Å². The van der Waals surface area contributed by atoms with Crippen LogP contribution < -0.4 is 0 Å². The number of esters is 1. The van der Waals surface area contributed by atoms with Crippen LogP contribution in [-0.2, 0) is 35.7 Å². The standard InChI is InChI=1S/C21H27NO6S/c1-5-21(28-19(4)24)13-15-29(25,26)22(18(3)23)17(2)10-9-14-27-16-20-11-7-6-8-12-20/h5-13,15,17H,14,16H2,1-4H3/t17-/m1/s1. The van der Waals surface area contributed by atoms with E-state index in [9.17, 15) is 18.0 Å². The van der Waals surface area contributed by atoms with Gasteiger partial charge in [-0.3, -0.25) is 9.59 Å². The van der Waals surface area contributed by atoms with Crippen LogP contribution >= 0.6 is 0 Å². The molecule has 0 saturated carbocycles. The molecule has 1 aromatic carbocycles. The van der Waals surface area contributed by atoms with E-state index >= 15 is 0 Å². The summed E-state index contributed by atoms with van der Waals surface area (Å²) in [5.74, 6) is -1.14. The largest absolute Gasteiger partial charge is 0.427 e. The van der Waals surface area contributed by atoms with Crippen molar-refractivity contribution in [2.45, 2.75) is 40.3 Å². The molecule has 0 heterocycles. The third-order valence-electron chi connectivity index (χ3n) is 3.65.